The van der Waals surface area contributed by atoms with Gasteiger partial charge in [-0.3, -0.25) is 4.98 Å². The van der Waals surface area contributed by atoms with Crippen molar-refractivity contribution in [1.29, 1.82) is 0 Å². The highest BCUT2D eigenvalue weighted by Crippen LogP contribution is 2.31. The summed E-state index contributed by atoms with van der Waals surface area (Å²) < 4.78 is 91.0. The molecular formula is C20H21FN4O8S3. The second kappa shape index (κ2) is 9.51. The topological polar surface area (TPSA) is 164 Å². The fourth-order valence-corrected chi connectivity index (χ4v) is 7.69. The number of halogens is 1. The second-order valence-corrected chi connectivity index (χ2v) is 13.5. The van der Waals surface area contributed by atoms with Gasteiger partial charge in [-0.15, -0.1) is 0 Å². The van der Waals surface area contributed by atoms with Gasteiger partial charge in [0.15, 0.2) is 0 Å². The third-order valence-corrected chi connectivity index (χ3v) is 9.70. The third kappa shape index (κ3) is 5.50. The minimum absolute atomic E-state index is 0.0344. The number of nitrogens with zero attached hydrogens (tertiary/aromatic N) is 4. The van der Waals surface area contributed by atoms with Crippen LogP contribution < -0.4 is 3.71 Å². The number of sulfonamides is 2. The standard InChI is InChI=1S/C20H21FN4O8S3/c1-23(20(26)27)12-14-8-19(17-6-4-5-7-18(17)21)24(13-14)36(32,33)16-9-15(10-22-11-16)25(34(2,28)29)35(3,30)31/h4-11,13H,12H2,1-3H3,(H,26,27). The quantitative estimate of drug-likeness (QED) is 0.432. The molecule has 0 fully saturated rings. The van der Waals surface area contributed by atoms with Crippen molar-refractivity contribution in [3.05, 3.63) is 66.4 Å². The number of anilines is 1. The Morgan fingerprint density at radius 3 is 2.19 bits per heavy atom. The van der Waals surface area contributed by atoms with Crippen molar-refractivity contribution in [2.75, 3.05) is 23.3 Å². The smallest absolute Gasteiger partial charge is 0.407 e. The monoisotopic (exact) mass is 560 g/mol. The van der Waals surface area contributed by atoms with Gasteiger partial charge in [-0.1, -0.05) is 12.1 Å². The van der Waals surface area contributed by atoms with Crippen LogP contribution in [0.4, 0.5) is 14.9 Å². The molecule has 2 aromatic heterocycles. The van der Waals surface area contributed by atoms with Gasteiger partial charge in [-0.05, 0) is 29.8 Å². The number of pyridine rings is 1. The van der Waals surface area contributed by atoms with Crippen LogP contribution in [0, 0.1) is 5.82 Å². The molecular weight excluding hydrogens is 539 g/mol. The molecule has 0 radical (unpaired) electrons. The summed E-state index contributed by atoms with van der Waals surface area (Å²) in [6.45, 7) is -0.229. The van der Waals surface area contributed by atoms with Gasteiger partial charge in [0, 0.05) is 25.0 Å². The molecule has 1 aromatic carbocycles. The maximum atomic E-state index is 14.6. The van der Waals surface area contributed by atoms with E-state index in [-0.39, 0.29) is 27.1 Å². The molecule has 12 nitrogen and oxygen atoms in total. The van der Waals surface area contributed by atoms with E-state index >= 15 is 0 Å². The number of carbonyl (C=O) groups is 1. The average molecular weight is 561 g/mol. The number of benzene rings is 1. The summed E-state index contributed by atoms with van der Waals surface area (Å²) >= 11 is 0. The predicted molar refractivity (Wildman–Crippen MR) is 128 cm³/mol. The first kappa shape index (κ1) is 27.1. The molecule has 0 saturated heterocycles. The summed E-state index contributed by atoms with van der Waals surface area (Å²) in [5.41, 5.74) is -0.593. The molecule has 0 aliphatic carbocycles. The summed E-state index contributed by atoms with van der Waals surface area (Å²) in [6, 6.07) is 7.41. The molecule has 3 aromatic rings. The summed E-state index contributed by atoms with van der Waals surface area (Å²) in [5, 5.41) is 9.16. The first-order valence-corrected chi connectivity index (χ1v) is 15.0. The van der Waals surface area contributed by atoms with Gasteiger partial charge in [0.2, 0.25) is 20.0 Å². The first-order valence-electron chi connectivity index (χ1n) is 9.85. The van der Waals surface area contributed by atoms with Crippen LogP contribution in [0.2, 0.25) is 0 Å². The Hall–Kier alpha value is -3.50. The number of hydrogen-bond donors (Lipinski definition) is 1. The summed E-state index contributed by atoms with van der Waals surface area (Å²) in [6.07, 6.45) is 2.80. The molecule has 0 aliphatic heterocycles. The van der Waals surface area contributed by atoms with E-state index in [1.165, 1.54) is 31.3 Å². The minimum atomic E-state index is -4.61. The zero-order valence-electron chi connectivity index (χ0n) is 19.1. The van der Waals surface area contributed by atoms with Crippen molar-refractivity contribution in [3.8, 4) is 11.3 Å². The highest BCUT2D eigenvalue weighted by atomic mass is 32.3. The van der Waals surface area contributed by atoms with E-state index in [4.69, 9.17) is 5.11 Å². The molecule has 2 heterocycles. The molecule has 1 amide bonds. The number of aromatic nitrogens is 2. The number of rotatable bonds is 8. The van der Waals surface area contributed by atoms with Crippen LogP contribution >= 0.6 is 0 Å². The number of amides is 1. The molecule has 1 N–H and O–H groups in total. The zero-order valence-corrected chi connectivity index (χ0v) is 21.5. The summed E-state index contributed by atoms with van der Waals surface area (Å²) in [5.74, 6) is -0.752. The Balaban J connectivity index is 2.24. The minimum Gasteiger partial charge on any atom is -0.465 e. The van der Waals surface area contributed by atoms with Gasteiger partial charge >= 0.3 is 6.09 Å². The third-order valence-electron chi connectivity index (χ3n) is 4.81. The fraction of sp³-hybridized carbons (Fsp3) is 0.200. The van der Waals surface area contributed by atoms with E-state index in [0.717, 1.165) is 35.6 Å². The van der Waals surface area contributed by atoms with E-state index in [1.807, 2.05) is 0 Å². The van der Waals surface area contributed by atoms with E-state index in [1.54, 1.807) is 0 Å². The highest BCUT2D eigenvalue weighted by Gasteiger charge is 2.30. The van der Waals surface area contributed by atoms with Gasteiger partial charge in [-0.25, -0.2) is 38.4 Å². The average Bonchev–Trinajstić information content (AvgIpc) is 3.16. The Bertz CT molecular complexity index is 1620. The maximum Gasteiger partial charge on any atom is 0.407 e. The van der Waals surface area contributed by atoms with E-state index < -0.39 is 52.6 Å². The lowest BCUT2D eigenvalue weighted by Gasteiger charge is -2.20. The maximum absolute atomic E-state index is 14.6. The molecule has 0 unspecified atom stereocenters. The van der Waals surface area contributed by atoms with Crippen molar-refractivity contribution < 1.29 is 39.5 Å². The molecule has 194 valence electrons. The van der Waals surface area contributed by atoms with Crippen LogP contribution in [0.3, 0.4) is 0 Å². The van der Waals surface area contributed by atoms with Crippen LogP contribution in [0.1, 0.15) is 5.56 Å². The molecule has 0 atom stereocenters. The van der Waals surface area contributed by atoms with E-state index in [9.17, 15) is 34.4 Å². The summed E-state index contributed by atoms with van der Waals surface area (Å²) in [4.78, 5) is 15.2. The lowest BCUT2D eigenvalue weighted by molar-refractivity contribution is 0.154. The SMILES string of the molecule is CN(Cc1cc(-c2ccccc2F)n(S(=O)(=O)c2cncc(N(S(C)(=O)=O)S(C)(=O)=O)c2)c1)C(=O)O. The molecule has 3 rings (SSSR count). The van der Waals surface area contributed by atoms with Crippen LogP contribution in [-0.2, 0) is 36.6 Å². The second-order valence-electron chi connectivity index (χ2n) is 7.75. The molecule has 0 saturated carbocycles. The Morgan fingerprint density at radius 2 is 1.64 bits per heavy atom. The van der Waals surface area contributed by atoms with Gasteiger partial charge in [0.05, 0.1) is 36.6 Å². The normalized spacial score (nSPS) is 12.3. The summed E-state index contributed by atoms with van der Waals surface area (Å²) in [7, 11) is -12.1. The Kier molecular flexibility index (Phi) is 7.16. The van der Waals surface area contributed by atoms with Crippen LogP contribution in [0.25, 0.3) is 11.3 Å². The van der Waals surface area contributed by atoms with Crippen molar-refractivity contribution in [2.45, 2.75) is 11.4 Å². The van der Waals surface area contributed by atoms with Crippen LogP contribution in [-0.4, -0.2) is 69.9 Å². The molecule has 0 spiro atoms. The van der Waals surface area contributed by atoms with Crippen molar-refractivity contribution >= 4 is 41.9 Å². The van der Waals surface area contributed by atoms with Gasteiger partial charge < -0.3 is 10.0 Å². The Labute approximate surface area is 207 Å². The fourth-order valence-electron chi connectivity index (χ4n) is 3.38. The van der Waals surface area contributed by atoms with E-state index in [2.05, 4.69) is 4.98 Å². The number of carboxylic acid groups (broad SMARTS) is 1. The lowest BCUT2D eigenvalue weighted by atomic mass is 10.1. The van der Waals surface area contributed by atoms with Gasteiger partial charge in [0.25, 0.3) is 10.0 Å². The zero-order chi connectivity index (χ0) is 27.1. The predicted octanol–water partition coefficient (Wildman–Crippen LogP) is 1.76. The van der Waals surface area contributed by atoms with Gasteiger partial charge in [0.1, 0.15) is 10.7 Å². The van der Waals surface area contributed by atoms with E-state index in [0.29, 0.717) is 16.5 Å². The first-order chi connectivity index (χ1) is 16.5. The van der Waals surface area contributed by atoms with Crippen LogP contribution in [0.15, 0.2) is 59.9 Å². The number of hydrogen-bond acceptors (Lipinski definition) is 8. The largest absolute Gasteiger partial charge is 0.465 e. The molecule has 0 aliphatic rings. The van der Waals surface area contributed by atoms with Crippen LogP contribution in [0.5, 0.6) is 0 Å². The van der Waals surface area contributed by atoms with Crippen molar-refractivity contribution in [1.82, 2.24) is 13.9 Å². The van der Waals surface area contributed by atoms with Crippen molar-refractivity contribution in [2.24, 2.45) is 0 Å². The highest BCUT2D eigenvalue weighted by molar-refractivity contribution is 8.09. The van der Waals surface area contributed by atoms with Crippen molar-refractivity contribution in [3.63, 3.8) is 0 Å². The molecule has 36 heavy (non-hydrogen) atoms. The Morgan fingerprint density at radius 1 is 1.03 bits per heavy atom. The molecule has 0 bridgehead atoms. The van der Waals surface area contributed by atoms with Gasteiger partial charge in [-0.2, -0.15) is 3.71 Å². The molecule has 16 heteroatoms. The lowest BCUT2D eigenvalue weighted by Crippen LogP contribution is -2.35.